The van der Waals surface area contributed by atoms with Gasteiger partial charge in [-0.25, -0.2) is 0 Å². The molecule has 2 saturated carbocycles. The van der Waals surface area contributed by atoms with Crippen LogP contribution in [-0.4, -0.2) is 45.7 Å². The molecule has 6 rings (SSSR count). The summed E-state index contributed by atoms with van der Waals surface area (Å²) in [6, 6.07) is 3.89. The molecule has 2 unspecified atom stereocenters. The number of phenolic OH excluding ortho intramolecular Hbond substituents is 1. The number of aromatic hydroxyl groups is 1. The van der Waals surface area contributed by atoms with Gasteiger partial charge < -0.3 is 14.9 Å². The fourth-order valence-corrected chi connectivity index (χ4v) is 5.92. The number of Topliss-reactive ketones (excluding diaryl/α,β-unsaturated/α-hetero) is 1. The van der Waals surface area contributed by atoms with Crippen LogP contribution in [0.25, 0.3) is 0 Å². The molecule has 3 fully saturated rings. The number of fused-ring (bicyclic) bond motifs is 2. The molecule has 24 heavy (non-hydrogen) atoms. The van der Waals surface area contributed by atoms with Crippen LogP contribution < -0.4 is 4.74 Å². The molecule has 4 atom stereocenters. The highest BCUT2D eigenvalue weighted by molar-refractivity contribution is 5.90. The highest BCUT2D eigenvalue weighted by atomic mass is 16.5. The first-order chi connectivity index (χ1) is 11.5. The fourth-order valence-electron chi connectivity index (χ4n) is 5.92. The molecule has 1 aromatic rings. The summed E-state index contributed by atoms with van der Waals surface area (Å²) in [5.41, 5.74) is 0.473. The summed E-state index contributed by atoms with van der Waals surface area (Å²) >= 11 is 0. The molecule has 2 heterocycles. The molecule has 0 aromatic heterocycles. The maximum atomic E-state index is 12.6. The van der Waals surface area contributed by atoms with Crippen molar-refractivity contribution < 1.29 is 19.7 Å². The van der Waals surface area contributed by atoms with Gasteiger partial charge in [0.15, 0.2) is 23.4 Å². The molecule has 3 aliphatic carbocycles. The second kappa shape index (κ2) is 3.97. The highest BCUT2D eigenvalue weighted by Crippen LogP contribution is 2.68. The van der Waals surface area contributed by atoms with Crippen molar-refractivity contribution >= 4 is 5.78 Å². The van der Waals surface area contributed by atoms with E-state index in [0.29, 0.717) is 25.1 Å². The summed E-state index contributed by atoms with van der Waals surface area (Å²) < 4.78 is 5.96. The van der Waals surface area contributed by atoms with Crippen LogP contribution in [0.3, 0.4) is 0 Å². The Bertz CT molecular complexity index is 788. The molecular formula is C19H21NO4. The van der Waals surface area contributed by atoms with Gasteiger partial charge in [-0.15, -0.1) is 0 Å². The predicted octanol–water partition coefficient (Wildman–Crippen LogP) is 1.66. The van der Waals surface area contributed by atoms with E-state index >= 15 is 0 Å². The minimum absolute atomic E-state index is 0.0671. The van der Waals surface area contributed by atoms with Crippen molar-refractivity contribution in [2.75, 3.05) is 13.1 Å². The van der Waals surface area contributed by atoms with Crippen molar-refractivity contribution in [3.63, 3.8) is 0 Å². The largest absolute Gasteiger partial charge is 0.504 e. The standard InChI is InChI=1S/C19H21NO4/c21-13-4-3-11-12-7-19-15(11)16(13)24-17(19)14(22)5-6-18(19,23)9-20(12)8-10-1-2-10/h3-4,10,12,17,21,23H,1-2,5-9H2/t12?,17-,18+,19?/m0/s1. The quantitative estimate of drug-likeness (QED) is 0.864. The maximum Gasteiger partial charge on any atom is 0.174 e. The number of aliphatic hydroxyl groups is 1. The Balaban J connectivity index is 1.60. The van der Waals surface area contributed by atoms with Crippen LogP contribution in [0.15, 0.2) is 12.1 Å². The number of rotatable bonds is 2. The number of hydrogen-bond acceptors (Lipinski definition) is 5. The molecule has 5 nitrogen and oxygen atoms in total. The Kier molecular flexibility index (Phi) is 2.26. The number of ether oxygens (including phenoxy) is 1. The van der Waals surface area contributed by atoms with Gasteiger partial charge in [0.2, 0.25) is 0 Å². The van der Waals surface area contributed by atoms with E-state index in [1.165, 1.54) is 12.8 Å². The smallest absolute Gasteiger partial charge is 0.174 e. The van der Waals surface area contributed by atoms with Crippen molar-refractivity contribution in [2.24, 2.45) is 5.92 Å². The maximum absolute atomic E-state index is 12.6. The molecule has 2 bridgehead atoms. The molecule has 5 heteroatoms. The van der Waals surface area contributed by atoms with E-state index < -0.39 is 17.1 Å². The van der Waals surface area contributed by atoms with Crippen LogP contribution in [-0.2, 0) is 10.2 Å². The van der Waals surface area contributed by atoms with Gasteiger partial charge in [-0.1, -0.05) is 6.07 Å². The molecule has 1 aromatic carbocycles. The molecule has 0 radical (unpaired) electrons. The summed E-state index contributed by atoms with van der Waals surface area (Å²) in [5.74, 6) is 1.36. The van der Waals surface area contributed by atoms with Crippen LogP contribution in [0.1, 0.15) is 49.3 Å². The second-order valence-corrected chi connectivity index (χ2v) is 8.44. The number of phenols is 1. The van der Waals surface area contributed by atoms with Crippen LogP contribution in [0.4, 0.5) is 0 Å². The minimum atomic E-state index is -0.943. The molecule has 2 N–H and O–H groups in total. The summed E-state index contributed by atoms with van der Waals surface area (Å²) in [6.45, 7) is 1.63. The number of carbonyl (C=O) groups excluding carboxylic acids is 1. The topological polar surface area (TPSA) is 70.0 Å². The van der Waals surface area contributed by atoms with E-state index in [-0.39, 0.29) is 17.6 Å². The number of ketones is 1. The number of nitrogens with zero attached hydrogens (tertiary/aromatic N) is 1. The zero-order chi connectivity index (χ0) is 16.3. The van der Waals surface area contributed by atoms with E-state index in [2.05, 4.69) is 4.90 Å². The van der Waals surface area contributed by atoms with Crippen LogP contribution in [0.5, 0.6) is 11.5 Å². The lowest BCUT2D eigenvalue weighted by Crippen LogP contribution is -2.68. The van der Waals surface area contributed by atoms with Crippen molar-refractivity contribution in [3.05, 3.63) is 23.3 Å². The molecule has 2 aliphatic heterocycles. The second-order valence-electron chi connectivity index (χ2n) is 8.44. The average molecular weight is 327 g/mol. The van der Waals surface area contributed by atoms with Crippen LogP contribution in [0.2, 0.25) is 0 Å². The van der Waals surface area contributed by atoms with Gasteiger partial charge in [-0.05, 0) is 43.2 Å². The van der Waals surface area contributed by atoms with Gasteiger partial charge in [0.25, 0.3) is 0 Å². The number of hydrogen-bond donors (Lipinski definition) is 2. The van der Waals surface area contributed by atoms with Crippen molar-refractivity contribution in [3.8, 4) is 11.5 Å². The summed E-state index contributed by atoms with van der Waals surface area (Å²) in [5, 5.41) is 22.0. The lowest BCUT2D eigenvalue weighted by molar-refractivity contribution is -0.167. The lowest BCUT2D eigenvalue weighted by atomic mass is 9.57. The zero-order valence-corrected chi connectivity index (χ0v) is 13.5. The third-order valence-electron chi connectivity index (χ3n) is 7.18. The Hall–Kier alpha value is -1.59. The lowest BCUT2D eigenvalue weighted by Gasteiger charge is -2.54. The average Bonchev–Trinajstić information content (AvgIpc) is 3.20. The molecule has 1 spiro atoms. The number of likely N-dealkylation sites (tertiary alicyclic amines) is 1. The molecular weight excluding hydrogens is 306 g/mol. The summed E-state index contributed by atoms with van der Waals surface area (Å²) in [7, 11) is 0. The number of β-amino-alcohol motifs (C(OH)–C–C–N with tert-alkyl or cyclic N) is 1. The Morgan fingerprint density at radius 2 is 2.17 bits per heavy atom. The van der Waals surface area contributed by atoms with E-state index in [4.69, 9.17) is 4.74 Å². The van der Waals surface area contributed by atoms with E-state index in [9.17, 15) is 15.0 Å². The van der Waals surface area contributed by atoms with Crippen LogP contribution >= 0.6 is 0 Å². The van der Waals surface area contributed by atoms with E-state index in [1.54, 1.807) is 6.07 Å². The highest BCUT2D eigenvalue weighted by Gasteiger charge is 2.73. The molecule has 5 aliphatic rings. The SMILES string of the molecule is O=C1CC[C@@]2(O)CN(CC3CC3)C3CC24c2c3ccc(O)c2O[C@@H]14. The van der Waals surface area contributed by atoms with Gasteiger partial charge in [0.1, 0.15) is 0 Å². The van der Waals surface area contributed by atoms with Crippen molar-refractivity contribution in [2.45, 2.75) is 55.3 Å². The number of piperidine rings is 1. The predicted molar refractivity (Wildman–Crippen MR) is 85.0 cm³/mol. The Morgan fingerprint density at radius 1 is 1.33 bits per heavy atom. The summed E-state index contributed by atoms with van der Waals surface area (Å²) in [6.07, 6.45) is 3.52. The van der Waals surface area contributed by atoms with Gasteiger partial charge in [-0.3, -0.25) is 9.69 Å². The normalized spacial score (nSPS) is 42.1. The minimum Gasteiger partial charge on any atom is -0.504 e. The number of benzene rings is 1. The summed E-state index contributed by atoms with van der Waals surface area (Å²) in [4.78, 5) is 15.0. The van der Waals surface area contributed by atoms with Gasteiger partial charge in [0.05, 0.1) is 11.0 Å². The number of carbonyl (C=O) groups is 1. The first-order valence-electron chi connectivity index (χ1n) is 9.06. The first-order valence-corrected chi connectivity index (χ1v) is 9.06. The van der Waals surface area contributed by atoms with E-state index in [0.717, 1.165) is 30.0 Å². The van der Waals surface area contributed by atoms with Gasteiger partial charge in [-0.2, -0.15) is 0 Å². The third-order valence-corrected chi connectivity index (χ3v) is 7.18. The molecule has 1 saturated heterocycles. The first kappa shape index (κ1) is 13.7. The Labute approximate surface area is 140 Å². The monoisotopic (exact) mass is 327 g/mol. The molecule has 126 valence electrons. The zero-order valence-electron chi connectivity index (χ0n) is 13.5. The van der Waals surface area contributed by atoms with Crippen LogP contribution in [0, 0.1) is 5.92 Å². The van der Waals surface area contributed by atoms with Gasteiger partial charge >= 0.3 is 0 Å². The van der Waals surface area contributed by atoms with E-state index in [1.807, 2.05) is 6.07 Å². The van der Waals surface area contributed by atoms with Crippen molar-refractivity contribution in [1.29, 1.82) is 0 Å². The van der Waals surface area contributed by atoms with Crippen molar-refractivity contribution in [1.82, 2.24) is 4.90 Å². The van der Waals surface area contributed by atoms with Gasteiger partial charge in [0, 0.05) is 31.1 Å². The fraction of sp³-hybridized carbons (Fsp3) is 0.632. The molecule has 0 amide bonds. The third kappa shape index (κ3) is 1.35. The Morgan fingerprint density at radius 3 is 2.96 bits per heavy atom.